The fourth-order valence-electron chi connectivity index (χ4n) is 3.16. The Morgan fingerprint density at radius 1 is 0.905 bits per heavy atom. The summed E-state index contributed by atoms with van der Waals surface area (Å²) >= 11 is 0. The van der Waals surface area contributed by atoms with Crippen LogP contribution in [-0.2, 0) is 4.74 Å². The summed E-state index contributed by atoms with van der Waals surface area (Å²) < 4.78 is 5.12. The number of unbranched alkanes of at least 4 members (excludes halogenated alkanes) is 8. The van der Waals surface area contributed by atoms with E-state index in [9.17, 15) is 4.79 Å². The molecule has 1 amide bonds. The molecule has 1 aliphatic rings. The maximum absolute atomic E-state index is 11.8. The largest absolute Gasteiger partial charge is 0.448 e. The first-order chi connectivity index (χ1) is 10.3. The van der Waals surface area contributed by atoms with Crippen molar-refractivity contribution in [1.82, 2.24) is 4.90 Å². The van der Waals surface area contributed by atoms with E-state index in [1.165, 1.54) is 64.2 Å². The number of cyclic esters (lactones) is 1. The number of hydrogen-bond acceptors (Lipinski definition) is 2. The Bertz CT molecular complexity index is 254. The molecule has 1 rings (SSSR count). The first kappa shape index (κ1) is 18.3. The highest BCUT2D eigenvalue weighted by molar-refractivity contribution is 5.69. The fraction of sp³-hybridized carbons (Fsp3) is 0.944. The van der Waals surface area contributed by atoms with Crippen LogP contribution in [0.15, 0.2) is 0 Å². The molecule has 3 heteroatoms. The summed E-state index contributed by atoms with van der Waals surface area (Å²) in [5.74, 6) is 0. The van der Waals surface area contributed by atoms with Crippen molar-refractivity contribution in [1.29, 1.82) is 0 Å². The van der Waals surface area contributed by atoms with Crippen LogP contribution in [0.4, 0.5) is 4.79 Å². The van der Waals surface area contributed by atoms with Crippen molar-refractivity contribution in [2.24, 2.45) is 0 Å². The van der Waals surface area contributed by atoms with Crippen LogP contribution in [0, 0.1) is 0 Å². The normalized spacial score (nSPS) is 15.0. The van der Waals surface area contributed by atoms with Crippen molar-refractivity contribution in [3.8, 4) is 0 Å². The zero-order valence-electron chi connectivity index (χ0n) is 14.2. The third-order valence-corrected chi connectivity index (χ3v) is 4.51. The van der Waals surface area contributed by atoms with Crippen LogP contribution in [-0.4, -0.2) is 30.2 Å². The average molecular weight is 297 g/mol. The predicted octanol–water partition coefficient (Wildman–Crippen LogP) is 5.53. The zero-order valence-corrected chi connectivity index (χ0v) is 14.2. The minimum Gasteiger partial charge on any atom is -0.448 e. The fourth-order valence-corrected chi connectivity index (χ4v) is 3.16. The highest BCUT2D eigenvalue weighted by Gasteiger charge is 2.28. The Morgan fingerprint density at radius 3 is 1.86 bits per heavy atom. The Hall–Kier alpha value is -0.730. The molecule has 0 aromatic heterocycles. The van der Waals surface area contributed by atoms with Gasteiger partial charge in [0.2, 0.25) is 0 Å². The summed E-state index contributed by atoms with van der Waals surface area (Å²) in [4.78, 5) is 13.8. The second-order valence-electron chi connectivity index (χ2n) is 6.37. The van der Waals surface area contributed by atoms with Gasteiger partial charge in [0, 0.05) is 6.04 Å². The maximum atomic E-state index is 11.8. The molecule has 0 aliphatic carbocycles. The molecule has 21 heavy (non-hydrogen) atoms. The number of hydrogen-bond donors (Lipinski definition) is 0. The van der Waals surface area contributed by atoms with Gasteiger partial charge in [0.15, 0.2) is 0 Å². The van der Waals surface area contributed by atoms with E-state index in [2.05, 4.69) is 13.8 Å². The Labute approximate surface area is 131 Å². The summed E-state index contributed by atoms with van der Waals surface area (Å²) in [7, 11) is 0. The van der Waals surface area contributed by atoms with Gasteiger partial charge in [-0.15, -0.1) is 0 Å². The lowest BCUT2D eigenvalue weighted by atomic mass is 9.99. The molecule has 124 valence electrons. The Balaban J connectivity index is 2.26. The minimum atomic E-state index is -0.0814. The third-order valence-electron chi connectivity index (χ3n) is 4.51. The maximum Gasteiger partial charge on any atom is 0.410 e. The number of nitrogens with zero attached hydrogens (tertiary/aromatic N) is 1. The number of carbonyl (C=O) groups excluding carboxylic acids is 1. The molecule has 0 atom stereocenters. The van der Waals surface area contributed by atoms with Gasteiger partial charge in [-0.2, -0.15) is 0 Å². The molecule has 1 saturated heterocycles. The summed E-state index contributed by atoms with van der Waals surface area (Å²) in [6.07, 6.45) is 15.3. The summed E-state index contributed by atoms with van der Waals surface area (Å²) in [5.41, 5.74) is 0. The lowest BCUT2D eigenvalue weighted by Crippen LogP contribution is -2.36. The van der Waals surface area contributed by atoms with Gasteiger partial charge < -0.3 is 9.64 Å². The van der Waals surface area contributed by atoms with Crippen LogP contribution in [0.2, 0.25) is 0 Å². The van der Waals surface area contributed by atoms with E-state index in [0.29, 0.717) is 12.6 Å². The molecular weight excluding hydrogens is 262 g/mol. The SMILES string of the molecule is CCCCCCCC(CCCCCCC)N1CCOC1=O. The monoisotopic (exact) mass is 297 g/mol. The van der Waals surface area contributed by atoms with Gasteiger partial charge in [-0.05, 0) is 12.8 Å². The molecule has 0 aromatic carbocycles. The van der Waals surface area contributed by atoms with Crippen molar-refractivity contribution in [2.75, 3.05) is 13.2 Å². The first-order valence-corrected chi connectivity index (χ1v) is 9.23. The molecule has 0 N–H and O–H groups in total. The van der Waals surface area contributed by atoms with Gasteiger partial charge in [-0.25, -0.2) is 4.79 Å². The van der Waals surface area contributed by atoms with E-state index in [1.807, 2.05) is 4.90 Å². The van der Waals surface area contributed by atoms with Crippen LogP contribution in [0.5, 0.6) is 0 Å². The summed E-state index contributed by atoms with van der Waals surface area (Å²) in [6, 6.07) is 0.420. The predicted molar refractivity (Wildman–Crippen MR) is 88.6 cm³/mol. The minimum absolute atomic E-state index is 0.0814. The van der Waals surface area contributed by atoms with E-state index < -0.39 is 0 Å². The van der Waals surface area contributed by atoms with E-state index in [4.69, 9.17) is 4.74 Å². The van der Waals surface area contributed by atoms with Gasteiger partial charge in [-0.1, -0.05) is 78.1 Å². The highest BCUT2D eigenvalue weighted by Crippen LogP contribution is 2.21. The molecule has 3 nitrogen and oxygen atoms in total. The molecule has 0 unspecified atom stereocenters. The molecule has 0 bridgehead atoms. The van der Waals surface area contributed by atoms with E-state index in [0.717, 1.165) is 19.4 Å². The Kier molecular flexibility index (Phi) is 10.4. The zero-order chi connectivity index (χ0) is 15.3. The highest BCUT2D eigenvalue weighted by atomic mass is 16.6. The van der Waals surface area contributed by atoms with Crippen LogP contribution in [0.25, 0.3) is 0 Å². The van der Waals surface area contributed by atoms with E-state index in [-0.39, 0.29) is 6.09 Å². The Morgan fingerprint density at radius 2 is 1.43 bits per heavy atom. The summed E-state index contributed by atoms with van der Waals surface area (Å²) in [5, 5.41) is 0. The van der Waals surface area contributed by atoms with Gasteiger partial charge in [0.25, 0.3) is 0 Å². The number of ether oxygens (including phenoxy) is 1. The molecular formula is C18H35NO2. The van der Waals surface area contributed by atoms with Crippen LogP contribution >= 0.6 is 0 Å². The second-order valence-corrected chi connectivity index (χ2v) is 6.37. The molecule has 0 aromatic rings. The molecule has 0 spiro atoms. The standard InChI is InChI=1S/C18H35NO2/c1-3-5-7-9-11-13-17(14-12-10-8-6-4-2)19-15-16-21-18(19)20/h17H,3-16H2,1-2H3. The van der Waals surface area contributed by atoms with Gasteiger partial charge in [-0.3, -0.25) is 0 Å². The van der Waals surface area contributed by atoms with Gasteiger partial charge >= 0.3 is 6.09 Å². The van der Waals surface area contributed by atoms with E-state index in [1.54, 1.807) is 0 Å². The van der Waals surface area contributed by atoms with Crippen LogP contribution in [0.3, 0.4) is 0 Å². The lowest BCUT2D eigenvalue weighted by Gasteiger charge is -2.25. The van der Waals surface area contributed by atoms with Crippen molar-refractivity contribution < 1.29 is 9.53 Å². The number of rotatable bonds is 13. The topological polar surface area (TPSA) is 29.5 Å². The third kappa shape index (κ3) is 7.73. The first-order valence-electron chi connectivity index (χ1n) is 9.23. The molecule has 1 fully saturated rings. The quantitative estimate of drug-likeness (QED) is 0.418. The van der Waals surface area contributed by atoms with Crippen LogP contribution in [0.1, 0.15) is 90.9 Å². The molecule has 1 aliphatic heterocycles. The number of carbonyl (C=O) groups is 1. The van der Waals surface area contributed by atoms with Crippen molar-refractivity contribution in [2.45, 2.75) is 96.9 Å². The van der Waals surface area contributed by atoms with E-state index >= 15 is 0 Å². The molecule has 0 saturated carbocycles. The molecule has 0 radical (unpaired) electrons. The van der Waals surface area contributed by atoms with Gasteiger partial charge in [0.05, 0.1) is 6.54 Å². The second kappa shape index (κ2) is 11.9. The average Bonchev–Trinajstić information content (AvgIpc) is 2.91. The van der Waals surface area contributed by atoms with Crippen LogP contribution < -0.4 is 0 Å². The smallest absolute Gasteiger partial charge is 0.410 e. The van der Waals surface area contributed by atoms with Crippen molar-refractivity contribution in [3.05, 3.63) is 0 Å². The van der Waals surface area contributed by atoms with Crippen molar-refractivity contribution in [3.63, 3.8) is 0 Å². The van der Waals surface area contributed by atoms with Gasteiger partial charge in [0.1, 0.15) is 6.61 Å². The molecule has 1 heterocycles. The van der Waals surface area contributed by atoms with Crippen molar-refractivity contribution >= 4 is 6.09 Å². The number of amides is 1. The summed E-state index contributed by atoms with van der Waals surface area (Å²) in [6.45, 7) is 5.88. The lowest BCUT2D eigenvalue weighted by molar-refractivity contribution is 0.142.